The van der Waals surface area contributed by atoms with Gasteiger partial charge in [0, 0.05) is 19.1 Å². The molecule has 6 nitrogen and oxygen atoms in total. The van der Waals surface area contributed by atoms with Gasteiger partial charge in [-0.25, -0.2) is 0 Å². The van der Waals surface area contributed by atoms with Crippen molar-refractivity contribution < 1.29 is 4.74 Å². The first kappa shape index (κ1) is 11.4. The minimum absolute atomic E-state index is 0.223. The van der Waals surface area contributed by atoms with E-state index in [0.29, 0.717) is 12.5 Å². The highest BCUT2D eigenvalue weighted by molar-refractivity contribution is 5.44. The molecule has 1 aliphatic rings. The van der Waals surface area contributed by atoms with E-state index >= 15 is 0 Å². The Balaban J connectivity index is 1.87. The Hall–Kier alpha value is -1.69. The number of hydrogen-bond donors (Lipinski definition) is 1. The molecule has 1 aliphatic carbocycles. The van der Waals surface area contributed by atoms with Crippen molar-refractivity contribution in [3.63, 3.8) is 0 Å². The van der Waals surface area contributed by atoms with E-state index in [9.17, 15) is 0 Å². The van der Waals surface area contributed by atoms with Crippen LogP contribution in [0.15, 0.2) is 12.1 Å². The van der Waals surface area contributed by atoms with Crippen molar-refractivity contribution in [1.29, 1.82) is 0 Å². The lowest BCUT2D eigenvalue weighted by atomic mass is 10.3. The maximum atomic E-state index is 5.10. The third-order valence-corrected chi connectivity index (χ3v) is 3.04. The van der Waals surface area contributed by atoms with Gasteiger partial charge in [0.15, 0.2) is 11.5 Å². The number of anilines is 1. The molecule has 3 rings (SSSR count). The van der Waals surface area contributed by atoms with Crippen molar-refractivity contribution in [3.05, 3.63) is 18.0 Å². The van der Waals surface area contributed by atoms with Crippen molar-refractivity contribution in [2.75, 3.05) is 19.0 Å². The van der Waals surface area contributed by atoms with Crippen LogP contribution in [0, 0.1) is 0 Å². The molecule has 1 N–H and O–H groups in total. The summed E-state index contributed by atoms with van der Waals surface area (Å²) < 4.78 is 6.95. The average Bonchev–Trinajstić information content (AvgIpc) is 3.10. The maximum absolute atomic E-state index is 5.10. The molecular weight excluding hydrogens is 230 g/mol. The summed E-state index contributed by atoms with van der Waals surface area (Å²) in [5.41, 5.74) is 0.807. The highest BCUT2D eigenvalue weighted by Gasteiger charge is 2.29. The fourth-order valence-electron chi connectivity index (χ4n) is 2.02. The molecule has 2 aromatic rings. The summed E-state index contributed by atoms with van der Waals surface area (Å²) in [4.78, 5) is 0. The topological polar surface area (TPSA) is 64.3 Å². The standard InChI is InChI=1S/C12H17N5O/c1-8(7-18-2)13-10-5-6-11-14-15-12(9-3-4-9)17(11)16-10/h5-6,8-9H,3-4,7H2,1-2H3,(H,13,16)/t8-/m0/s1. The molecule has 1 saturated carbocycles. The number of fused-ring (bicyclic) bond motifs is 1. The van der Waals surface area contributed by atoms with Crippen molar-refractivity contribution in [1.82, 2.24) is 19.8 Å². The fraction of sp³-hybridized carbons (Fsp3) is 0.583. The monoisotopic (exact) mass is 247 g/mol. The van der Waals surface area contributed by atoms with Gasteiger partial charge in [-0.1, -0.05) is 0 Å². The Morgan fingerprint density at radius 1 is 1.44 bits per heavy atom. The quantitative estimate of drug-likeness (QED) is 0.866. The van der Waals surface area contributed by atoms with Crippen LogP contribution in [-0.4, -0.2) is 39.6 Å². The van der Waals surface area contributed by atoms with E-state index in [1.807, 2.05) is 16.6 Å². The minimum atomic E-state index is 0.223. The number of aromatic nitrogens is 4. The Bertz CT molecular complexity index is 548. The molecule has 0 aromatic carbocycles. The lowest BCUT2D eigenvalue weighted by Gasteiger charge is -2.13. The summed E-state index contributed by atoms with van der Waals surface area (Å²) in [6.45, 7) is 2.71. The smallest absolute Gasteiger partial charge is 0.178 e. The van der Waals surface area contributed by atoms with E-state index < -0.39 is 0 Å². The van der Waals surface area contributed by atoms with E-state index in [-0.39, 0.29) is 6.04 Å². The van der Waals surface area contributed by atoms with Crippen LogP contribution in [0.4, 0.5) is 5.82 Å². The zero-order chi connectivity index (χ0) is 12.5. The van der Waals surface area contributed by atoms with Gasteiger partial charge in [-0.3, -0.25) is 0 Å². The van der Waals surface area contributed by atoms with Gasteiger partial charge in [-0.05, 0) is 31.9 Å². The van der Waals surface area contributed by atoms with E-state index in [2.05, 4.69) is 27.5 Å². The number of nitrogens with one attached hydrogen (secondary N) is 1. The van der Waals surface area contributed by atoms with Crippen LogP contribution in [0.25, 0.3) is 5.65 Å². The zero-order valence-corrected chi connectivity index (χ0v) is 10.6. The largest absolute Gasteiger partial charge is 0.383 e. The number of hydrogen-bond acceptors (Lipinski definition) is 5. The second-order valence-electron chi connectivity index (χ2n) is 4.82. The molecule has 0 amide bonds. The molecule has 6 heteroatoms. The highest BCUT2D eigenvalue weighted by atomic mass is 16.5. The SMILES string of the molecule is COC[C@H](C)Nc1ccc2nnc(C3CC3)n2n1. The fourth-order valence-corrected chi connectivity index (χ4v) is 2.02. The molecule has 0 saturated heterocycles. The van der Waals surface area contributed by atoms with E-state index in [4.69, 9.17) is 4.74 Å². The predicted molar refractivity (Wildman–Crippen MR) is 67.7 cm³/mol. The van der Waals surface area contributed by atoms with Crippen LogP contribution in [0.5, 0.6) is 0 Å². The molecular formula is C12H17N5O. The molecule has 0 unspecified atom stereocenters. The van der Waals surface area contributed by atoms with Crippen LogP contribution in [0.2, 0.25) is 0 Å². The third kappa shape index (κ3) is 2.15. The van der Waals surface area contributed by atoms with Gasteiger partial charge in [0.2, 0.25) is 0 Å². The van der Waals surface area contributed by atoms with Crippen LogP contribution >= 0.6 is 0 Å². The van der Waals surface area contributed by atoms with Crippen LogP contribution in [0.1, 0.15) is 31.5 Å². The van der Waals surface area contributed by atoms with E-state index in [1.165, 1.54) is 12.8 Å². The molecule has 0 bridgehead atoms. The molecule has 0 aliphatic heterocycles. The summed E-state index contributed by atoms with van der Waals surface area (Å²) in [6, 6.07) is 4.08. The molecule has 18 heavy (non-hydrogen) atoms. The summed E-state index contributed by atoms with van der Waals surface area (Å²) in [5.74, 6) is 2.35. The Morgan fingerprint density at radius 2 is 2.28 bits per heavy atom. The summed E-state index contributed by atoms with van der Waals surface area (Å²) >= 11 is 0. The van der Waals surface area contributed by atoms with Gasteiger partial charge in [0.05, 0.1) is 6.61 Å². The van der Waals surface area contributed by atoms with Gasteiger partial charge in [-0.15, -0.1) is 15.3 Å². The molecule has 1 fully saturated rings. The molecule has 1 atom stereocenters. The number of nitrogens with zero attached hydrogens (tertiary/aromatic N) is 4. The molecule has 0 spiro atoms. The highest BCUT2D eigenvalue weighted by Crippen LogP contribution is 2.38. The molecule has 96 valence electrons. The second-order valence-corrected chi connectivity index (χ2v) is 4.82. The lowest BCUT2D eigenvalue weighted by Crippen LogP contribution is -2.22. The van der Waals surface area contributed by atoms with Crippen molar-refractivity contribution >= 4 is 11.5 Å². The molecule has 2 heterocycles. The van der Waals surface area contributed by atoms with Gasteiger partial charge >= 0.3 is 0 Å². The summed E-state index contributed by atoms with van der Waals surface area (Å²) in [6.07, 6.45) is 2.39. The first-order valence-electron chi connectivity index (χ1n) is 6.26. The van der Waals surface area contributed by atoms with Crippen LogP contribution in [0.3, 0.4) is 0 Å². The van der Waals surface area contributed by atoms with Crippen molar-refractivity contribution in [2.45, 2.75) is 31.7 Å². The molecule has 2 aromatic heterocycles. The number of rotatable bonds is 5. The Labute approximate surface area is 105 Å². The summed E-state index contributed by atoms with van der Waals surface area (Å²) in [7, 11) is 1.69. The van der Waals surface area contributed by atoms with Gasteiger partial charge in [0.25, 0.3) is 0 Å². The van der Waals surface area contributed by atoms with Crippen LogP contribution in [-0.2, 0) is 4.74 Å². The maximum Gasteiger partial charge on any atom is 0.178 e. The Kier molecular flexibility index (Phi) is 2.87. The van der Waals surface area contributed by atoms with Gasteiger partial charge in [0.1, 0.15) is 5.82 Å². The predicted octanol–water partition coefficient (Wildman–Crippen LogP) is 1.45. The number of ether oxygens (including phenoxy) is 1. The minimum Gasteiger partial charge on any atom is -0.383 e. The second kappa shape index (κ2) is 4.53. The third-order valence-electron chi connectivity index (χ3n) is 3.04. The van der Waals surface area contributed by atoms with E-state index in [0.717, 1.165) is 17.3 Å². The first-order chi connectivity index (χ1) is 8.78. The summed E-state index contributed by atoms with van der Waals surface area (Å²) in [5, 5.41) is 16.2. The first-order valence-corrected chi connectivity index (χ1v) is 6.26. The van der Waals surface area contributed by atoms with Crippen LogP contribution < -0.4 is 5.32 Å². The lowest BCUT2D eigenvalue weighted by molar-refractivity contribution is 0.190. The molecule has 0 radical (unpaired) electrons. The Morgan fingerprint density at radius 3 is 3.00 bits per heavy atom. The average molecular weight is 247 g/mol. The van der Waals surface area contributed by atoms with Gasteiger partial charge < -0.3 is 10.1 Å². The van der Waals surface area contributed by atoms with Crippen molar-refractivity contribution in [3.8, 4) is 0 Å². The number of methoxy groups -OCH3 is 1. The zero-order valence-electron chi connectivity index (χ0n) is 10.6. The van der Waals surface area contributed by atoms with Gasteiger partial charge in [-0.2, -0.15) is 4.52 Å². The van der Waals surface area contributed by atoms with E-state index in [1.54, 1.807) is 7.11 Å². The normalized spacial score (nSPS) is 17.0. The van der Waals surface area contributed by atoms with Crippen molar-refractivity contribution in [2.24, 2.45) is 0 Å².